The highest BCUT2D eigenvalue weighted by Gasteiger charge is 2.22. The monoisotopic (exact) mass is 544 g/mol. The number of carbonyl (C=O) groups is 1. The Labute approximate surface area is 204 Å². The standard InChI is InChI=1S/C24H18BrFN2O5S/c1-15-7-9-18(10-8-15)34(30,31)33-23-19(25)12-16(13-22(23)32-2)11-17(14-27)24(29)28-21-6-4-3-5-20(21)26/h3-13H,1-2H3,(H,28,29)/b17-11+. The number of methoxy groups -OCH3 is 1. The van der Waals surface area contributed by atoms with Crippen molar-refractivity contribution < 1.29 is 26.5 Å². The van der Waals surface area contributed by atoms with Gasteiger partial charge in [0.15, 0.2) is 11.5 Å². The number of carbonyl (C=O) groups excluding carboxylic acids is 1. The van der Waals surface area contributed by atoms with Crippen molar-refractivity contribution in [2.45, 2.75) is 11.8 Å². The maximum Gasteiger partial charge on any atom is 0.339 e. The van der Waals surface area contributed by atoms with Crippen molar-refractivity contribution in [2.24, 2.45) is 0 Å². The molecule has 0 radical (unpaired) electrons. The van der Waals surface area contributed by atoms with Crippen LogP contribution in [0, 0.1) is 24.1 Å². The van der Waals surface area contributed by atoms with E-state index < -0.39 is 21.8 Å². The van der Waals surface area contributed by atoms with Crippen LogP contribution in [0.25, 0.3) is 6.08 Å². The summed E-state index contributed by atoms with van der Waals surface area (Å²) in [5, 5.41) is 11.8. The third kappa shape index (κ3) is 5.81. The highest BCUT2D eigenvalue weighted by molar-refractivity contribution is 9.10. The fourth-order valence-corrected chi connectivity index (χ4v) is 4.44. The fraction of sp³-hybridized carbons (Fsp3) is 0.0833. The van der Waals surface area contributed by atoms with Crippen molar-refractivity contribution in [3.8, 4) is 17.6 Å². The predicted molar refractivity (Wildman–Crippen MR) is 128 cm³/mol. The van der Waals surface area contributed by atoms with E-state index in [2.05, 4.69) is 21.2 Å². The van der Waals surface area contributed by atoms with Gasteiger partial charge in [-0.3, -0.25) is 4.79 Å². The van der Waals surface area contributed by atoms with Crippen LogP contribution in [0.15, 0.2) is 75.6 Å². The highest BCUT2D eigenvalue weighted by atomic mass is 79.9. The first kappa shape index (κ1) is 25.0. The minimum atomic E-state index is -4.16. The van der Waals surface area contributed by atoms with Crippen LogP contribution in [0.2, 0.25) is 0 Å². The Morgan fingerprint density at radius 2 is 1.82 bits per heavy atom. The number of amides is 1. The van der Waals surface area contributed by atoms with E-state index in [1.165, 1.54) is 55.7 Å². The lowest BCUT2D eigenvalue weighted by atomic mass is 10.1. The maximum absolute atomic E-state index is 13.8. The first-order chi connectivity index (χ1) is 16.1. The van der Waals surface area contributed by atoms with Crippen LogP contribution >= 0.6 is 15.9 Å². The van der Waals surface area contributed by atoms with Gasteiger partial charge in [-0.05, 0) is 70.9 Å². The third-order valence-corrected chi connectivity index (χ3v) is 6.38. The molecule has 174 valence electrons. The van der Waals surface area contributed by atoms with Crippen molar-refractivity contribution in [3.05, 3.63) is 87.7 Å². The summed E-state index contributed by atoms with van der Waals surface area (Å²) in [4.78, 5) is 12.4. The summed E-state index contributed by atoms with van der Waals surface area (Å²) in [5.41, 5.74) is 0.848. The van der Waals surface area contributed by atoms with Crippen LogP contribution in [0.5, 0.6) is 11.5 Å². The molecule has 3 aromatic rings. The summed E-state index contributed by atoms with van der Waals surface area (Å²) >= 11 is 3.26. The number of para-hydroxylation sites is 1. The van der Waals surface area contributed by atoms with Gasteiger partial charge in [0.25, 0.3) is 5.91 Å². The number of nitriles is 1. The van der Waals surface area contributed by atoms with Gasteiger partial charge in [-0.25, -0.2) is 4.39 Å². The lowest BCUT2D eigenvalue weighted by Crippen LogP contribution is -2.14. The van der Waals surface area contributed by atoms with Gasteiger partial charge in [-0.15, -0.1) is 0 Å². The molecule has 0 saturated heterocycles. The van der Waals surface area contributed by atoms with E-state index >= 15 is 0 Å². The molecule has 0 aromatic heterocycles. The zero-order chi connectivity index (χ0) is 24.9. The number of rotatable bonds is 7. The summed E-state index contributed by atoms with van der Waals surface area (Å²) in [7, 11) is -2.84. The molecule has 3 rings (SSSR count). The first-order valence-corrected chi connectivity index (χ1v) is 11.9. The van der Waals surface area contributed by atoms with Crippen molar-refractivity contribution >= 4 is 43.7 Å². The zero-order valence-electron chi connectivity index (χ0n) is 18.0. The smallest absolute Gasteiger partial charge is 0.339 e. The van der Waals surface area contributed by atoms with Crippen LogP contribution in [0.1, 0.15) is 11.1 Å². The molecule has 0 heterocycles. The number of nitrogens with one attached hydrogen (secondary N) is 1. The summed E-state index contributed by atoms with van der Waals surface area (Å²) in [6.07, 6.45) is 1.25. The zero-order valence-corrected chi connectivity index (χ0v) is 20.4. The van der Waals surface area contributed by atoms with Crippen molar-refractivity contribution in [1.82, 2.24) is 0 Å². The molecule has 0 spiro atoms. The molecule has 0 bridgehead atoms. The lowest BCUT2D eigenvalue weighted by Gasteiger charge is -2.14. The number of hydrogen-bond donors (Lipinski definition) is 1. The molecular formula is C24H18BrFN2O5S. The predicted octanol–water partition coefficient (Wildman–Crippen LogP) is 5.22. The van der Waals surface area contributed by atoms with E-state index in [-0.39, 0.29) is 32.1 Å². The summed E-state index contributed by atoms with van der Waals surface area (Å²) < 4.78 is 50.0. The molecule has 34 heavy (non-hydrogen) atoms. The molecule has 10 heteroatoms. The topological polar surface area (TPSA) is 105 Å². The van der Waals surface area contributed by atoms with E-state index in [1.807, 2.05) is 6.92 Å². The van der Waals surface area contributed by atoms with Gasteiger partial charge in [0.1, 0.15) is 22.4 Å². The van der Waals surface area contributed by atoms with Crippen LogP contribution < -0.4 is 14.2 Å². The molecule has 1 N–H and O–H groups in total. The Morgan fingerprint density at radius 1 is 1.15 bits per heavy atom. The highest BCUT2D eigenvalue weighted by Crippen LogP contribution is 2.39. The average Bonchev–Trinajstić information content (AvgIpc) is 2.80. The molecule has 3 aromatic carbocycles. The van der Waals surface area contributed by atoms with Gasteiger partial charge >= 0.3 is 10.1 Å². The number of ether oxygens (including phenoxy) is 1. The minimum Gasteiger partial charge on any atom is -0.493 e. The van der Waals surface area contributed by atoms with Gasteiger partial charge in [0.2, 0.25) is 0 Å². The first-order valence-electron chi connectivity index (χ1n) is 9.71. The molecular weight excluding hydrogens is 527 g/mol. The van der Waals surface area contributed by atoms with Crippen LogP contribution in [-0.2, 0) is 14.9 Å². The van der Waals surface area contributed by atoms with Crippen LogP contribution in [-0.4, -0.2) is 21.4 Å². The number of hydrogen-bond acceptors (Lipinski definition) is 6. The second kappa shape index (κ2) is 10.5. The third-order valence-electron chi connectivity index (χ3n) is 4.55. The molecule has 1 amide bonds. The van der Waals surface area contributed by atoms with Gasteiger partial charge in [-0.2, -0.15) is 13.7 Å². The Morgan fingerprint density at radius 3 is 2.44 bits per heavy atom. The van der Waals surface area contributed by atoms with Gasteiger partial charge in [0, 0.05) is 0 Å². The van der Waals surface area contributed by atoms with E-state index in [0.29, 0.717) is 5.56 Å². The summed E-state index contributed by atoms with van der Waals surface area (Å²) in [6.45, 7) is 1.83. The van der Waals surface area contributed by atoms with E-state index in [1.54, 1.807) is 24.3 Å². The van der Waals surface area contributed by atoms with Crippen molar-refractivity contribution in [1.29, 1.82) is 5.26 Å². The minimum absolute atomic E-state index is 0.0346. The number of aryl methyl sites for hydroxylation is 1. The Kier molecular flexibility index (Phi) is 7.71. The molecule has 0 unspecified atom stereocenters. The number of benzene rings is 3. The molecule has 0 aliphatic heterocycles. The second-order valence-corrected chi connectivity index (χ2v) is 9.39. The molecule has 0 fully saturated rings. The van der Waals surface area contributed by atoms with Crippen LogP contribution in [0.4, 0.5) is 10.1 Å². The number of anilines is 1. The largest absolute Gasteiger partial charge is 0.493 e. The number of halogens is 2. The van der Waals surface area contributed by atoms with E-state index in [0.717, 1.165) is 5.56 Å². The van der Waals surface area contributed by atoms with Gasteiger partial charge in [0.05, 0.1) is 17.3 Å². The van der Waals surface area contributed by atoms with E-state index in [4.69, 9.17) is 8.92 Å². The Hall–Kier alpha value is -3.68. The van der Waals surface area contributed by atoms with E-state index in [9.17, 15) is 22.9 Å². The van der Waals surface area contributed by atoms with Gasteiger partial charge in [-0.1, -0.05) is 29.8 Å². The SMILES string of the molecule is COc1cc(/C=C(\C#N)C(=O)Nc2ccccc2F)cc(Br)c1OS(=O)(=O)c1ccc(C)cc1. The molecule has 0 atom stereocenters. The molecule has 0 aliphatic carbocycles. The second-order valence-electron chi connectivity index (χ2n) is 6.99. The van der Waals surface area contributed by atoms with Gasteiger partial charge < -0.3 is 14.2 Å². The van der Waals surface area contributed by atoms with Crippen molar-refractivity contribution in [3.63, 3.8) is 0 Å². The Bertz CT molecular complexity index is 1410. The summed E-state index contributed by atoms with van der Waals surface area (Å²) in [6, 6.07) is 16.3. The van der Waals surface area contributed by atoms with Crippen LogP contribution in [0.3, 0.4) is 0 Å². The normalized spacial score (nSPS) is 11.4. The quantitative estimate of drug-likeness (QED) is 0.248. The lowest BCUT2D eigenvalue weighted by molar-refractivity contribution is -0.112. The molecule has 0 saturated carbocycles. The molecule has 0 aliphatic rings. The maximum atomic E-state index is 13.8. The summed E-state index contributed by atoms with van der Waals surface area (Å²) in [5.74, 6) is -1.52. The Balaban J connectivity index is 1.92. The fourth-order valence-electron chi connectivity index (χ4n) is 2.83. The molecule has 7 nitrogen and oxygen atoms in total. The van der Waals surface area contributed by atoms with Crippen molar-refractivity contribution in [2.75, 3.05) is 12.4 Å². The average molecular weight is 545 g/mol. The number of nitrogens with zero attached hydrogens (tertiary/aromatic N) is 1.